The Morgan fingerprint density at radius 2 is 2.12 bits per heavy atom. The molecular weight excluding hydrogens is 316 g/mol. The summed E-state index contributed by atoms with van der Waals surface area (Å²) in [5.41, 5.74) is 2.27. The minimum Gasteiger partial charge on any atom is -0.394 e. The number of likely N-dealkylation sites (tertiary alicyclic amines) is 2. The van der Waals surface area contributed by atoms with Gasteiger partial charge >= 0.3 is 0 Å². The van der Waals surface area contributed by atoms with Gasteiger partial charge in [0.25, 0.3) is 0 Å². The zero-order valence-electron chi connectivity index (χ0n) is 15.2. The summed E-state index contributed by atoms with van der Waals surface area (Å²) in [5.74, 6) is 0.332. The molecular formula is C20H30N2O3. The van der Waals surface area contributed by atoms with Crippen LogP contribution in [0.5, 0.6) is 0 Å². The lowest BCUT2D eigenvalue weighted by molar-refractivity contribution is -0.146. The Bertz CT molecular complexity index is 592. The second-order valence-electron chi connectivity index (χ2n) is 7.46. The van der Waals surface area contributed by atoms with Gasteiger partial charge in [-0.15, -0.1) is 0 Å². The minimum atomic E-state index is -0.195. The molecule has 2 aliphatic rings. The monoisotopic (exact) mass is 346 g/mol. The SMILES string of the molecule is Cc1cccc(CN2CCC[C@]3(CCN(CCOCCO)C3)C2=O)c1. The number of rotatable bonds is 7. The fraction of sp³-hybridized carbons (Fsp3) is 0.650. The number of aryl methyl sites for hydroxylation is 1. The van der Waals surface area contributed by atoms with Crippen molar-refractivity contribution < 1.29 is 14.6 Å². The molecule has 2 saturated heterocycles. The van der Waals surface area contributed by atoms with Gasteiger partial charge in [0.2, 0.25) is 5.91 Å². The van der Waals surface area contributed by atoms with Crippen LogP contribution < -0.4 is 0 Å². The number of benzene rings is 1. The second kappa shape index (κ2) is 8.30. The van der Waals surface area contributed by atoms with Gasteiger partial charge in [-0.1, -0.05) is 29.8 Å². The van der Waals surface area contributed by atoms with Gasteiger partial charge in [0.1, 0.15) is 0 Å². The lowest BCUT2D eigenvalue weighted by Crippen LogP contribution is -2.49. The summed E-state index contributed by atoms with van der Waals surface area (Å²) in [5, 5.41) is 8.77. The van der Waals surface area contributed by atoms with E-state index in [1.54, 1.807) is 0 Å². The van der Waals surface area contributed by atoms with Crippen molar-refractivity contribution in [3.05, 3.63) is 35.4 Å². The minimum absolute atomic E-state index is 0.0658. The predicted molar refractivity (Wildman–Crippen MR) is 97.2 cm³/mol. The van der Waals surface area contributed by atoms with Gasteiger partial charge in [0.15, 0.2) is 0 Å². The largest absolute Gasteiger partial charge is 0.394 e. The normalized spacial score (nSPS) is 24.4. The highest BCUT2D eigenvalue weighted by molar-refractivity contribution is 5.84. The molecule has 0 saturated carbocycles. The van der Waals surface area contributed by atoms with Crippen LogP contribution >= 0.6 is 0 Å². The zero-order valence-corrected chi connectivity index (χ0v) is 15.2. The molecule has 138 valence electrons. The molecule has 1 atom stereocenters. The van der Waals surface area contributed by atoms with Crippen LogP contribution in [0.25, 0.3) is 0 Å². The lowest BCUT2D eigenvalue weighted by atomic mass is 9.78. The van der Waals surface area contributed by atoms with Crippen LogP contribution in [0, 0.1) is 12.3 Å². The molecule has 0 aliphatic carbocycles. The topological polar surface area (TPSA) is 53.0 Å². The molecule has 1 aromatic rings. The molecule has 0 aromatic heterocycles. The van der Waals surface area contributed by atoms with Crippen LogP contribution in [0.4, 0.5) is 0 Å². The Morgan fingerprint density at radius 3 is 2.92 bits per heavy atom. The second-order valence-corrected chi connectivity index (χ2v) is 7.46. The molecule has 0 bridgehead atoms. The van der Waals surface area contributed by atoms with Crippen molar-refractivity contribution in [3.63, 3.8) is 0 Å². The first-order valence-electron chi connectivity index (χ1n) is 9.39. The molecule has 25 heavy (non-hydrogen) atoms. The summed E-state index contributed by atoms with van der Waals surface area (Å²) in [6.45, 7) is 7.42. The predicted octanol–water partition coefficient (Wildman–Crippen LogP) is 1.82. The molecule has 5 heteroatoms. The number of aliphatic hydroxyl groups is 1. The third-order valence-corrected chi connectivity index (χ3v) is 5.50. The van der Waals surface area contributed by atoms with Crippen molar-refractivity contribution in [2.75, 3.05) is 46.0 Å². The quantitative estimate of drug-likeness (QED) is 0.765. The summed E-state index contributed by atoms with van der Waals surface area (Å²) in [6.07, 6.45) is 3.05. The number of piperidine rings is 1. The highest BCUT2D eigenvalue weighted by Gasteiger charge is 2.47. The van der Waals surface area contributed by atoms with Crippen molar-refractivity contribution in [2.24, 2.45) is 5.41 Å². The molecule has 0 radical (unpaired) electrons. The van der Waals surface area contributed by atoms with E-state index >= 15 is 0 Å². The fourth-order valence-electron chi connectivity index (χ4n) is 4.22. The van der Waals surface area contributed by atoms with Gasteiger partial charge in [-0.3, -0.25) is 9.69 Å². The number of hydrogen-bond donors (Lipinski definition) is 1. The van der Waals surface area contributed by atoms with Gasteiger partial charge in [0.05, 0.1) is 25.2 Å². The highest BCUT2D eigenvalue weighted by Crippen LogP contribution is 2.40. The van der Waals surface area contributed by atoms with Crippen LogP contribution in [0.3, 0.4) is 0 Å². The average Bonchev–Trinajstić information content (AvgIpc) is 3.00. The number of carbonyl (C=O) groups is 1. The number of nitrogens with zero attached hydrogens (tertiary/aromatic N) is 2. The van der Waals surface area contributed by atoms with Crippen molar-refractivity contribution in [2.45, 2.75) is 32.7 Å². The van der Waals surface area contributed by atoms with E-state index < -0.39 is 0 Å². The summed E-state index contributed by atoms with van der Waals surface area (Å²) < 4.78 is 5.37. The van der Waals surface area contributed by atoms with Crippen molar-refractivity contribution >= 4 is 5.91 Å². The fourth-order valence-corrected chi connectivity index (χ4v) is 4.22. The number of ether oxygens (including phenoxy) is 1. The average molecular weight is 346 g/mol. The Kier molecular flexibility index (Phi) is 6.10. The Labute approximate surface area is 150 Å². The van der Waals surface area contributed by atoms with Gasteiger partial charge in [0, 0.05) is 26.2 Å². The maximum absolute atomic E-state index is 13.2. The maximum Gasteiger partial charge on any atom is 0.230 e. The van der Waals surface area contributed by atoms with Crippen LogP contribution in [0.15, 0.2) is 24.3 Å². The number of amides is 1. The highest BCUT2D eigenvalue weighted by atomic mass is 16.5. The molecule has 1 N–H and O–H groups in total. The Morgan fingerprint density at radius 1 is 1.24 bits per heavy atom. The molecule has 1 spiro atoms. The van der Waals surface area contributed by atoms with Crippen LogP contribution in [0.2, 0.25) is 0 Å². The van der Waals surface area contributed by atoms with E-state index in [0.717, 1.165) is 52.0 Å². The first-order chi connectivity index (χ1) is 12.1. The number of carbonyl (C=O) groups excluding carboxylic acids is 1. The number of aliphatic hydroxyl groups excluding tert-OH is 1. The third-order valence-electron chi connectivity index (χ3n) is 5.50. The summed E-state index contributed by atoms with van der Waals surface area (Å²) in [4.78, 5) is 17.6. The molecule has 2 aliphatic heterocycles. The van der Waals surface area contributed by atoms with Gasteiger partial charge < -0.3 is 14.7 Å². The Hall–Kier alpha value is -1.43. The van der Waals surface area contributed by atoms with E-state index in [0.29, 0.717) is 19.1 Å². The third kappa shape index (κ3) is 4.40. The van der Waals surface area contributed by atoms with E-state index in [9.17, 15) is 4.79 Å². The van der Waals surface area contributed by atoms with E-state index in [2.05, 4.69) is 41.0 Å². The van der Waals surface area contributed by atoms with Crippen LogP contribution in [0.1, 0.15) is 30.4 Å². The molecule has 0 unspecified atom stereocenters. The first kappa shape index (κ1) is 18.4. The van der Waals surface area contributed by atoms with E-state index in [1.165, 1.54) is 11.1 Å². The van der Waals surface area contributed by atoms with E-state index in [4.69, 9.17) is 9.84 Å². The standard InChI is InChI=1S/C20H30N2O3/c1-17-4-2-5-18(14-17)15-22-8-3-6-20(19(22)24)7-9-21(16-20)10-12-25-13-11-23/h2,4-5,14,23H,3,6-13,15-16H2,1H3/t20-/m1/s1. The van der Waals surface area contributed by atoms with Crippen molar-refractivity contribution in [1.82, 2.24) is 9.80 Å². The molecule has 3 rings (SSSR count). The van der Waals surface area contributed by atoms with Gasteiger partial charge in [-0.25, -0.2) is 0 Å². The lowest BCUT2D eigenvalue weighted by Gasteiger charge is -2.39. The summed E-state index contributed by atoms with van der Waals surface area (Å²) >= 11 is 0. The number of hydrogen-bond acceptors (Lipinski definition) is 4. The summed E-state index contributed by atoms with van der Waals surface area (Å²) in [7, 11) is 0. The molecule has 5 nitrogen and oxygen atoms in total. The Balaban J connectivity index is 1.58. The molecule has 2 heterocycles. The smallest absolute Gasteiger partial charge is 0.230 e. The summed E-state index contributed by atoms with van der Waals surface area (Å²) in [6, 6.07) is 8.45. The van der Waals surface area contributed by atoms with Crippen LogP contribution in [-0.4, -0.2) is 66.8 Å². The molecule has 2 fully saturated rings. The molecule has 1 amide bonds. The van der Waals surface area contributed by atoms with Gasteiger partial charge in [-0.2, -0.15) is 0 Å². The van der Waals surface area contributed by atoms with Crippen LogP contribution in [-0.2, 0) is 16.1 Å². The van der Waals surface area contributed by atoms with Gasteiger partial charge in [-0.05, 0) is 38.3 Å². The van der Waals surface area contributed by atoms with E-state index in [-0.39, 0.29) is 12.0 Å². The van der Waals surface area contributed by atoms with E-state index in [1.807, 2.05) is 0 Å². The zero-order chi connectivity index (χ0) is 17.7. The maximum atomic E-state index is 13.2. The van der Waals surface area contributed by atoms with Crippen molar-refractivity contribution in [1.29, 1.82) is 0 Å². The molecule has 1 aromatic carbocycles. The van der Waals surface area contributed by atoms with Crippen molar-refractivity contribution in [3.8, 4) is 0 Å². The first-order valence-corrected chi connectivity index (χ1v) is 9.39.